The summed E-state index contributed by atoms with van der Waals surface area (Å²) in [6.07, 6.45) is 1.77. The maximum Gasteiger partial charge on any atom is 0.228 e. The molecule has 2 rings (SSSR count). The average molecular weight is 303 g/mol. The van der Waals surface area contributed by atoms with Gasteiger partial charge in [0.25, 0.3) is 0 Å². The lowest BCUT2D eigenvalue weighted by Crippen LogP contribution is -2.15. The number of carbonyl (C=O) groups is 1. The highest BCUT2D eigenvalue weighted by atomic mass is 19.1. The summed E-state index contributed by atoms with van der Waals surface area (Å²) < 4.78 is 17.7. The molecule has 1 aromatic carbocycles. The van der Waals surface area contributed by atoms with E-state index in [0.717, 1.165) is 5.56 Å². The topological polar surface area (TPSA) is 63.2 Å². The van der Waals surface area contributed by atoms with E-state index in [2.05, 4.69) is 15.6 Å². The summed E-state index contributed by atoms with van der Waals surface area (Å²) in [4.78, 5) is 16.1. The van der Waals surface area contributed by atoms with Gasteiger partial charge in [0.2, 0.25) is 5.91 Å². The van der Waals surface area contributed by atoms with Gasteiger partial charge in [-0.25, -0.2) is 9.37 Å². The molecule has 1 heterocycles. The molecule has 0 radical (unpaired) electrons. The van der Waals surface area contributed by atoms with Gasteiger partial charge in [0, 0.05) is 13.7 Å². The molecular weight excluding hydrogens is 285 g/mol. The predicted molar refractivity (Wildman–Crippen MR) is 83.3 cm³/mol. The fraction of sp³-hybridized carbons (Fsp3) is 0.250. The third kappa shape index (κ3) is 5.14. The first kappa shape index (κ1) is 15.9. The van der Waals surface area contributed by atoms with Crippen LogP contribution in [0.2, 0.25) is 0 Å². The lowest BCUT2D eigenvalue weighted by molar-refractivity contribution is -0.115. The van der Waals surface area contributed by atoms with Crippen molar-refractivity contribution in [3.63, 3.8) is 0 Å². The van der Waals surface area contributed by atoms with Crippen LogP contribution in [-0.2, 0) is 16.0 Å². The molecule has 0 spiro atoms. The number of carbonyl (C=O) groups excluding carboxylic acids is 1. The second-order valence-electron chi connectivity index (χ2n) is 4.70. The maximum absolute atomic E-state index is 12.8. The van der Waals surface area contributed by atoms with Crippen molar-refractivity contribution in [2.45, 2.75) is 6.42 Å². The average Bonchev–Trinajstić information content (AvgIpc) is 2.51. The molecule has 0 aliphatic carbocycles. The highest BCUT2D eigenvalue weighted by Gasteiger charge is 2.05. The van der Waals surface area contributed by atoms with E-state index in [-0.39, 0.29) is 18.1 Å². The third-order valence-electron chi connectivity index (χ3n) is 2.94. The lowest BCUT2D eigenvalue weighted by atomic mass is 10.1. The highest BCUT2D eigenvalue weighted by molar-refractivity contribution is 5.92. The Hall–Kier alpha value is -2.47. The van der Waals surface area contributed by atoms with Crippen LogP contribution in [0.4, 0.5) is 15.9 Å². The summed E-state index contributed by atoms with van der Waals surface area (Å²) in [5.74, 6) is 0.229. The predicted octanol–water partition coefficient (Wildman–Crippen LogP) is 2.46. The molecule has 0 unspecified atom stereocenters. The van der Waals surface area contributed by atoms with Gasteiger partial charge in [0.15, 0.2) is 0 Å². The number of benzene rings is 1. The van der Waals surface area contributed by atoms with Gasteiger partial charge in [-0.3, -0.25) is 4.79 Å². The number of amides is 1. The number of hydrogen-bond acceptors (Lipinski definition) is 4. The van der Waals surface area contributed by atoms with Crippen molar-refractivity contribution in [2.24, 2.45) is 0 Å². The van der Waals surface area contributed by atoms with Crippen LogP contribution in [0.15, 0.2) is 42.6 Å². The number of pyridine rings is 1. The van der Waals surface area contributed by atoms with Crippen LogP contribution in [0.1, 0.15) is 5.56 Å². The van der Waals surface area contributed by atoms with Gasteiger partial charge in [0.05, 0.1) is 24.9 Å². The molecule has 0 saturated carbocycles. The van der Waals surface area contributed by atoms with Crippen LogP contribution in [0.5, 0.6) is 0 Å². The van der Waals surface area contributed by atoms with Gasteiger partial charge in [-0.2, -0.15) is 0 Å². The number of aromatic nitrogens is 1. The van der Waals surface area contributed by atoms with Gasteiger partial charge in [-0.05, 0) is 29.8 Å². The van der Waals surface area contributed by atoms with Crippen molar-refractivity contribution in [1.82, 2.24) is 4.98 Å². The number of rotatable bonds is 7. The minimum Gasteiger partial charge on any atom is -0.383 e. The number of methoxy groups -OCH3 is 1. The third-order valence-corrected chi connectivity index (χ3v) is 2.94. The van der Waals surface area contributed by atoms with E-state index >= 15 is 0 Å². The van der Waals surface area contributed by atoms with Gasteiger partial charge in [0.1, 0.15) is 11.6 Å². The largest absolute Gasteiger partial charge is 0.383 e. The number of halogens is 1. The zero-order valence-corrected chi connectivity index (χ0v) is 12.3. The SMILES string of the molecule is COCCNc1ccc(NC(=O)Cc2ccc(F)cc2)cn1. The first-order chi connectivity index (χ1) is 10.7. The number of hydrogen-bond donors (Lipinski definition) is 2. The zero-order chi connectivity index (χ0) is 15.8. The molecule has 0 bridgehead atoms. The van der Waals surface area contributed by atoms with E-state index in [1.54, 1.807) is 37.6 Å². The molecule has 0 fully saturated rings. The Balaban J connectivity index is 1.84. The highest BCUT2D eigenvalue weighted by Crippen LogP contribution is 2.11. The van der Waals surface area contributed by atoms with Crippen molar-refractivity contribution in [2.75, 3.05) is 30.9 Å². The molecule has 6 heteroatoms. The Bertz CT molecular complexity index is 600. The molecule has 0 saturated heterocycles. The minimum absolute atomic E-state index is 0.173. The number of ether oxygens (including phenoxy) is 1. The monoisotopic (exact) mass is 303 g/mol. The molecule has 0 aliphatic rings. The summed E-state index contributed by atoms with van der Waals surface area (Å²) in [5.41, 5.74) is 1.37. The van der Waals surface area contributed by atoms with E-state index in [9.17, 15) is 9.18 Å². The summed E-state index contributed by atoms with van der Waals surface area (Å²) >= 11 is 0. The summed E-state index contributed by atoms with van der Waals surface area (Å²) in [6, 6.07) is 9.41. The van der Waals surface area contributed by atoms with Crippen LogP contribution < -0.4 is 10.6 Å². The molecular formula is C16H18FN3O2. The van der Waals surface area contributed by atoms with E-state index < -0.39 is 0 Å². The first-order valence-electron chi connectivity index (χ1n) is 6.90. The standard InChI is InChI=1S/C16H18FN3O2/c1-22-9-8-18-15-7-6-14(11-19-15)20-16(21)10-12-2-4-13(17)5-3-12/h2-7,11H,8-10H2,1H3,(H,18,19)(H,20,21). The smallest absolute Gasteiger partial charge is 0.228 e. The lowest BCUT2D eigenvalue weighted by Gasteiger charge is -2.07. The number of anilines is 2. The van der Waals surface area contributed by atoms with E-state index in [1.165, 1.54) is 12.1 Å². The molecule has 5 nitrogen and oxygen atoms in total. The molecule has 22 heavy (non-hydrogen) atoms. The molecule has 1 amide bonds. The molecule has 0 aliphatic heterocycles. The Labute approximate surface area is 128 Å². The van der Waals surface area contributed by atoms with Crippen LogP contribution >= 0.6 is 0 Å². The fourth-order valence-corrected chi connectivity index (χ4v) is 1.85. The van der Waals surface area contributed by atoms with Crippen molar-refractivity contribution < 1.29 is 13.9 Å². The Kier molecular flexibility index (Phi) is 5.85. The molecule has 2 N–H and O–H groups in total. The first-order valence-corrected chi connectivity index (χ1v) is 6.90. The summed E-state index contributed by atoms with van der Waals surface area (Å²) in [7, 11) is 1.63. The zero-order valence-electron chi connectivity index (χ0n) is 12.3. The Morgan fingerprint density at radius 3 is 2.64 bits per heavy atom. The molecule has 2 aromatic rings. The Morgan fingerprint density at radius 2 is 2.00 bits per heavy atom. The maximum atomic E-state index is 12.8. The Morgan fingerprint density at radius 1 is 1.23 bits per heavy atom. The van der Waals surface area contributed by atoms with Gasteiger partial charge >= 0.3 is 0 Å². The quantitative estimate of drug-likeness (QED) is 0.771. The normalized spacial score (nSPS) is 10.3. The van der Waals surface area contributed by atoms with Gasteiger partial charge in [-0.15, -0.1) is 0 Å². The second-order valence-corrected chi connectivity index (χ2v) is 4.70. The molecule has 116 valence electrons. The second kappa shape index (κ2) is 8.09. The van der Waals surface area contributed by atoms with Crippen LogP contribution in [0.3, 0.4) is 0 Å². The number of nitrogens with one attached hydrogen (secondary N) is 2. The molecule has 0 atom stereocenters. The molecule has 1 aromatic heterocycles. The van der Waals surface area contributed by atoms with Gasteiger partial charge in [-0.1, -0.05) is 12.1 Å². The van der Waals surface area contributed by atoms with Crippen molar-refractivity contribution >= 4 is 17.4 Å². The van der Waals surface area contributed by atoms with Crippen LogP contribution in [-0.4, -0.2) is 31.2 Å². The number of nitrogens with zero attached hydrogens (tertiary/aromatic N) is 1. The van der Waals surface area contributed by atoms with E-state index in [0.29, 0.717) is 24.7 Å². The summed E-state index contributed by atoms with van der Waals surface area (Å²) in [6.45, 7) is 1.26. The van der Waals surface area contributed by atoms with Crippen molar-refractivity contribution in [3.8, 4) is 0 Å². The van der Waals surface area contributed by atoms with Crippen molar-refractivity contribution in [1.29, 1.82) is 0 Å². The van der Waals surface area contributed by atoms with Crippen LogP contribution in [0.25, 0.3) is 0 Å². The van der Waals surface area contributed by atoms with Crippen LogP contribution in [0, 0.1) is 5.82 Å². The van der Waals surface area contributed by atoms with Gasteiger partial charge < -0.3 is 15.4 Å². The van der Waals surface area contributed by atoms with Crippen molar-refractivity contribution in [3.05, 3.63) is 54.0 Å². The summed E-state index contributed by atoms with van der Waals surface area (Å²) in [5, 5.41) is 5.84. The van der Waals surface area contributed by atoms with E-state index in [1.807, 2.05) is 0 Å². The minimum atomic E-state index is -0.315. The fourth-order valence-electron chi connectivity index (χ4n) is 1.85. The van der Waals surface area contributed by atoms with E-state index in [4.69, 9.17) is 4.74 Å².